The van der Waals surface area contributed by atoms with Gasteiger partial charge in [0, 0.05) is 24.0 Å². The molecule has 3 rings (SSSR count). The quantitative estimate of drug-likeness (QED) is 0.597. The maximum absolute atomic E-state index is 13.3. The zero-order valence-electron chi connectivity index (χ0n) is 19.2. The van der Waals surface area contributed by atoms with Crippen LogP contribution in [-0.2, 0) is 9.59 Å². The molecule has 1 aliphatic heterocycles. The monoisotopic (exact) mass is 452 g/mol. The van der Waals surface area contributed by atoms with Crippen molar-refractivity contribution >= 4 is 23.4 Å². The number of halogens is 1. The average Bonchev–Trinajstić information content (AvgIpc) is 3.14. The lowest BCUT2D eigenvalue weighted by Crippen LogP contribution is -2.60. The van der Waals surface area contributed by atoms with E-state index in [1.54, 1.807) is 4.90 Å². The zero-order chi connectivity index (χ0) is 23.0. The molecule has 31 heavy (non-hydrogen) atoms. The molecule has 2 aliphatic carbocycles. The number of carbonyl (C=O) groups excluding carboxylic acids is 2. The van der Waals surface area contributed by atoms with Crippen molar-refractivity contribution in [1.29, 1.82) is 0 Å². The van der Waals surface area contributed by atoms with Crippen LogP contribution >= 0.6 is 11.6 Å². The number of aliphatic hydroxyl groups excluding tert-OH is 2. The van der Waals surface area contributed by atoms with Gasteiger partial charge in [0.15, 0.2) is 0 Å². The van der Waals surface area contributed by atoms with E-state index in [0.29, 0.717) is 32.4 Å². The summed E-state index contributed by atoms with van der Waals surface area (Å²) in [6, 6.07) is -0.971. The molecule has 0 bridgehead atoms. The first-order valence-corrected chi connectivity index (χ1v) is 11.8. The fourth-order valence-electron chi connectivity index (χ4n) is 5.33. The number of nitrogens with zero attached hydrogens (tertiary/aromatic N) is 1. The van der Waals surface area contributed by atoms with Crippen LogP contribution in [0.5, 0.6) is 0 Å². The lowest BCUT2D eigenvalue weighted by molar-refractivity contribution is -0.145. The van der Waals surface area contributed by atoms with E-state index in [1.807, 2.05) is 6.08 Å². The molecule has 3 aliphatic rings. The Morgan fingerprint density at radius 2 is 1.94 bits per heavy atom. The van der Waals surface area contributed by atoms with Crippen molar-refractivity contribution < 1.29 is 19.8 Å². The number of hydrogen-bond acceptors (Lipinski definition) is 4. The summed E-state index contributed by atoms with van der Waals surface area (Å²) in [7, 11) is 0. The summed E-state index contributed by atoms with van der Waals surface area (Å²) in [5.74, 6) is -0.797. The standard InChI is InChI=1S/C24H37ClN2O4/c1-15(28)20(26-21(30)16-5-10-19(29)13-16)22(31)27-12-11-24(4,23(2,3)14-27)17-6-8-18(25)9-7-17/h6,8,15-16,19-20,28-29H,5,7,9-14H2,1-4H3,(H,26,30)/t15?,16-,19+,20-,24?/m1/s1. The topological polar surface area (TPSA) is 89.9 Å². The van der Waals surface area contributed by atoms with Crippen LogP contribution in [0.15, 0.2) is 22.8 Å². The van der Waals surface area contributed by atoms with Gasteiger partial charge in [0.2, 0.25) is 11.8 Å². The molecule has 1 heterocycles. The van der Waals surface area contributed by atoms with Crippen molar-refractivity contribution in [2.75, 3.05) is 13.1 Å². The predicted molar refractivity (Wildman–Crippen MR) is 121 cm³/mol. The third-order valence-electron chi connectivity index (χ3n) is 7.90. The van der Waals surface area contributed by atoms with Gasteiger partial charge < -0.3 is 20.4 Å². The lowest BCUT2D eigenvalue weighted by atomic mass is 9.57. The number of carbonyl (C=O) groups is 2. The van der Waals surface area contributed by atoms with E-state index in [-0.39, 0.29) is 28.6 Å². The second-order valence-corrected chi connectivity index (χ2v) is 10.9. The summed E-state index contributed by atoms with van der Waals surface area (Å²) in [5.41, 5.74) is 1.14. The molecule has 1 saturated heterocycles. The Balaban J connectivity index is 1.70. The van der Waals surface area contributed by atoms with Crippen LogP contribution in [0.25, 0.3) is 0 Å². The largest absolute Gasteiger partial charge is 0.393 e. The molecular weight excluding hydrogens is 416 g/mol. The Hall–Kier alpha value is -1.37. The molecule has 0 aromatic rings. The van der Waals surface area contributed by atoms with Crippen LogP contribution < -0.4 is 5.32 Å². The molecule has 2 unspecified atom stereocenters. The van der Waals surface area contributed by atoms with E-state index in [1.165, 1.54) is 12.5 Å². The number of allylic oxidation sites excluding steroid dienone is 4. The summed E-state index contributed by atoms with van der Waals surface area (Å²) in [5, 5.41) is 23.6. The van der Waals surface area contributed by atoms with Crippen molar-refractivity contribution in [2.24, 2.45) is 16.7 Å². The maximum atomic E-state index is 13.3. The van der Waals surface area contributed by atoms with E-state index in [2.05, 4.69) is 32.2 Å². The molecule has 5 atom stereocenters. The van der Waals surface area contributed by atoms with Gasteiger partial charge in [-0.15, -0.1) is 0 Å². The summed E-state index contributed by atoms with van der Waals surface area (Å²) >= 11 is 6.15. The summed E-state index contributed by atoms with van der Waals surface area (Å²) in [6.07, 6.45) is 6.89. The first-order valence-electron chi connectivity index (χ1n) is 11.5. The zero-order valence-corrected chi connectivity index (χ0v) is 19.9. The third-order valence-corrected chi connectivity index (χ3v) is 8.22. The number of rotatable bonds is 5. The molecule has 6 nitrogen and oxygen atoms in total. The molecule has 7 heteroatoms. The van der Waals surface area contributed by atoms with Crippen molar-refractivity contribution in [3.63, 3.8) is 0 Å². The van der Waals surface area contributed by atoms with Crippen molar-refractivity contribution in [2.45, 2.75) is 84.5 Å². The number of aliphatic hydroxyl groups is 2. The highest BCUT2D eigenvalue weighted by Gasteiger charge is 2.49. The van der Waals surface area contributed by atoms with E-state index < -0.39 is 18.2 Å². The highest BCUT2D eigenvalue weighted by atomic mass is 35.5. The molecule has 1 saturated carbocycles. The Kier molecular flexibility index (Phi) is 7.24. The van der Waals surface area contributed by atoms with E-state index in [9.17, 15) is 19.8 Å². The number of amides is 2. The van der Waals surface area contributed by atoms with E-state index >= 15 is 0 Å². The van der Waals surface area contributed by atoms with Gasteiger partial charge in [0.25, 0.3) is 0 Å². The second-order valence-electron chi connectivity index (χ2n) is 10.4. The van der Waals surface area contributed by atoms with Crippen LogP contribution in [0, 0.1) is 16.7 Å². The number of hydrogen-bond donors (Lipinski definition) is 3. The number of nitrogens with one attached hydrogen (secondary N) is 1. The fraction of sp³-hybridized carbons (Fsp3) is 0.750. The molecule has 0 spiro atoms. The van der Waals surface area contributed by atoms with E-state index in [4.69, 9.17) is 11.6 Å². The summed E-state index contributed by atoms with van der Waals surface area (Å²) in [4.78, 5) is 27.7. The Morgan fingerprint density at radius 3 is 2.45 bits per heavy atom. The van der Waals surface area contributed by atoms with Crippen molar-refractivity contribution in [3.8, 4) is 0 Å². The van der Waals surface area contributed by atoms with Crippen LogP contribution in [0.2, 0.25) is 0 Å². The molecule has 2 fully saturated rings. The van der Waals surface area contributed by atoms with Crippen LogP contribution in [0.4, 0.5) is 0 Å². The van der Waals surface area contributed by atoms with Gasteiger partial charge in [0.05, 0.1) is 12.2 Å². The normalized spacial score (nSPS) is 32.7. The smallest absolute Gasteiger partial charge is 0.247 e. The molecular formula is C24H37ClN2O4. The highest BCUT2D eigenvalue weighted by Crippen LogP contribution is 2.52. The summed E-state index contributed by atoms with van der Waals surface area (Å²) < 4.78 is 0. The Morgan fingerprint density at radius 1 is 1.23 bits per heavy atom. The average molecular weight is 453 g/mol. The van der Waals surface area contributed by atoms with Gasteiger partial charge in [-0.2, -0.15) is 0 Å². The molecule has 2 amide bonds. The summed E-state index contributed by atoms with van der Waals surface area (Å²) in [6.45, 7) is 9.31. The van der Waals surface area contributed by atoms with Gasteiger partial charge in [-0.05, 0) is 62.4 Å². The Bertz CT molecular complexity index is 776. The van der Waals surface area contributed by atoms with Crippen LogP contribution in [-0.4, -0.2) is 58.3 Å². The van der Waals surface area contributed by atoms with Crippen LogP contribution in [0.1, 0.15) is 66.2 Å². The van der Waals surface area contributed by atoms with Gasteiger partial charge in [0.1, 0.15) is 6.04 Å². The van der Waals surface area contributed by atoms with Crippen molar-refractivity contribution in [1.82, 2.24) is 10.2 Å². The predicted octanol–water partition coefficient (Wildman–Crippen LogP) is 3.12. The van der Waals surface area contributed by atoms with Gasteiger partial charge in [-0.3, -0.25) is 9.59 Å². The molecule has 0 radical (unpaired) electrons. The van der Waals surface area contributed by atoms with Crippen LogP contribution in [0.3, 0.4) is 0 Å². The third kappa shape index (κ3) is 5.01. The second kappa shape index (κ2) is 9.24. The van der Waals surface area contributed by atoms with Gasteiger partial charge >= 0.3 is 0 Å². The molecule has 0 aromatic carbocycles. The minimum absolute atomic E-state index is 0.0541. The molecule has 0 aromatic heterocycles. The minimum atomic E-state index is -0.993. The Labute approximate surface area is 190 Å². The first kappa shape index (κ1) is 24.3. The highest BCUT2D eigenvalue weighted by molar-refractivity contribution is 6.29. The lowest BCUT2D eigenvalue weighted by Gasteiger charge is -2.54. The first-order chi connectivity index (χ1) is 14.4. The SMILES string of the molecule is CC(O)[C@@H](NC(=O)[C@@H]1CC[C@H](O)C1)C(=O)N1CCC(C)(C2=CC=C(Cl)CC2)C(C)(C)C1. The van der Waals surface area contributed by atoms with Gasteiger partial charge in [-0.1, -0.05) is 44.0 Å². The van der Waals surface area contributed by atoms with Gasteiger partial charge in [-0.25, -0.2) is 0 Å². The fourth-order valence-corrected chi connectivity index (χ4v) is 5.49. The molecule has 3 N–H and O–H groups in total. The maximum Gasteiger partial charge on any atom is 0.247 e. The molecule has 174 valence electrons. The number of piperidine rings is 1. The minimum Gasteiger partial charge on any atom is -0.393 e. The van der Waals surface area contributed by atoms with Crippen molar-refractivity contribution in [3.05, 3.63) is 22.8 Å². The van der Waals surface area contributed by atoms with E-state index in [0.717, 1.165) is 24.3 Å². The number of likely N-dealkylation sites (tertiary alicyclic amines) is 1.